The second kappa shape index (κ2) is 8.11. The van der Waals surface area contributed by atoms with Crippen LogP contribution in [-0.4, -0.2) is 30.9 Å². The van der Waals surface area contributed by atoms with Crippen LogP contribution in [0.1, 0.15) is 36.7 Å². The summed E-state index contributed by atoms with van der Waals surface area (Å²) in [7, 11) is 1.66. The van der Waals surface area contributed by atoms with Gasteiger partial charge in [0.05, 0.1) is 7.11 Å². The zero-order chi connectivity index (χ0) is 12.8. The van der Waals surface area contributed by atoms with E-state index in [0.29, 0.717) is 0 Å². The van der Waals surface area contributed by atoms with Gasteiger partial charge in [-0.05, 0) is 38.2 Å². The van der Waals surface area contributed by atoms with Crippen LogP contribution >= 0.6 is 12.4 Å². The zero-order valence-electron chi connectivity index (χ0n) is 11.5. The minimum absolute atomic E-state index is 0. The van der Waals surface area contributed by atoms with Crippen LogP contribution < -0.4 is 4.74 Å². The highest BCUT2D eigenvalue weighted by molar-refractivity contribution is 5.94. The lowest BCUT2D eigenvalue weighted by molar-refractivity contribution is 0.101. The molecule has 1 rings (SSSR count). The average Bonchev–Trinajstić information content (AvgIpc) is 2.35. The molecule has 0 radical (unpaired) electrons. The van der Waals surface area contributed by atoms with E-state index in [4.69, 9.17) is 4.74 Å². The molecule has 0 amide bonds. The summed E-state index contributed by atoms with van der Waals surface area (Å²) in [5, 5.41) is 0. The third kappa shape index (κ3) is 4.31. The van der Waals surface area contributed by atoms with Gasteiger partial charge in [-0.15, -0.1) is 12.4 Å². The van der Waals surface area contributed by atoms with E-state index in [1.165, 1.54) is 0 Å². The van der Waals surface area contributed by atoms with Gasteiger partial charge in [0.25, 0.3) is 0 Å². The van der Waals surface area contributed by atoms with Gasteiger partial charge < -0.3 is 4.74 Å². The van der Waals surface area contributed by atoms with Crippen molar-refractivity contribution < 1.29 is 9.53 Å². The maximum absolute atomic E-state index is 11.4. The number of carbonyl (C=O) groups excluding carboxylic acids is 1. The molecule has 0 aliphatic rings. The van der Waals surface area contributed by atoms with Crippen molar-refractivity contribution in [1.29, 1.82) is 0 Å². The van der Waals surface area contributed by atoms with Crippen molar-refractivity contribution in [2.24, 2.45) is 0 Å². The summed E-state index contributed by atoms with van der Waals surface area (Å²) in [4.78, 5) is 13.7. The number of halogens is 1. The summed E-state index contributed by atoms with van der Waals surface area (Å²) in [5.41, 5.74) is 1.82. The Morgan fingerprint density at radius 3 is 2.33 bits per heavy atom. The third-order valence-corrected chi connectivity index (χ3v) is 2.98. The summed E-state index contributed by atoms with van der Waals surface area (Å²) >= 11 is 0. The van der Waals surface area contributed by atoms with Crippen molar-refractivity contribution in [2.75, 3.05) is 20.2 Å². The van der Waals surface area contributed by atoms with Gasteiger partial charge in [-0.2, -0.15) is 0 Å². The second-order valence-corrected chi connectivity index (χ2v) is 4.04. The molecule has 18 heavy (non-hydrogen) atoms. The molecule has 0 atom stereocenters. The van der Waals surface area contributed by atoms with E-state index in [9.17, 15) is 4.79 Å². The van der Waals surface area contributed by atoms with Crippen LogP contribution in [0.3, 0.4) is 0 Å². The van der Waals surface area contributed by atoms with Crippen molar-refractivity contribution in [2.45, 2.75) is 27.3 Å². The van der Waals surface area contributed by atoms with Gasteiger partial charge in [0.15, 0.2) is 5.78 Å². The normalized spacial score (nSPS) is 10.1. The molecule has 0 saturated carbocycles. The van der Waals surface area contributed by atoms with Crippen LogP contribution in [0.5, 0.6) is 5.75 Å². The molecular weight excluding hydrogens is 250 g/mol. The van der Waals surface area contributed by atoms with Gasteiger partial charge in [0.1, 0.15) is 5.75 Å². The summed E-state index contributed by atoms with van der Waals surface area (Å²) in [6.45, 7) is 8.64. The highest BCUT2D eigenvalue weighted by Crippen LogP contribution is 2.21. The molecule has 1 aromatic carbocycles. The Kier molecular flexibility index (Phi) is 7.64. The maximum atomic E-state index is 11.4. The molecule has 0 saturated heterocycles. The number of Topliss-reactive ketones (excluding diaryl/α,β-unsaturated/α-hetero) is 1. The highest BCUT2D eigenvalue weighted by Gasteiger charge is 2.09. The molecule has 0 bridgehead atoms. The molecule has 4 heteroatoms. The molecular formula is C14H22ClNO2. The lowest BCUT2D eigenvalue weighted by Crippen LogP contribution is -2.22. The minimum Gasteiger partial charge on any atom is -0.496 e. The largest absolute Gasteiger partial charge is 0.496 e. The first-order valence-electron chi connectivity index (χ1n) is 6.02. The van der Waals surface area contributed by atoms with E-state index < -0.39 is 0 Å². The van der Waals surface area contributed by atoms with Crippen LogP contribution in [0.25, 0.3) is 0 Å². The number of ether oxygens (including phenoxy) is 1. The fourth-order valence-electron chi connectivity index (χ4n) is 1.81. The molecule has 0 aromatic heterocycles. The standard InChI is InChI=1S/C14H21NO2.ClH/c1-5-15(6-2)10-13-9-12(11(3)16)7-8-14(13)17-4;/h7-9H,5-6,10H2,1-4H3;1H. The number of nitrogens with zero attached hydrogens (tertiary/aromatic N) is 1. The van der Waals surface area contributed by atoms with E-state index >= 15 is 0 Å². The van der Waals surface area contributed by atoms with Gasteiger partial charge in [0.2, 0.25) is 0 Å². The van der Waals surface area contributed by atoms with E-state index in [-0.39, 0.29) is 18.2 Å². The van der Waals surface area contributed by atoms with Crippen LogP contribution in [0.2, 0.25) is 0 Å². The van der Waals surface area contributed by atoms with Crippen molar-refractivity contribution in [3.63, 3.8) is 0 Å². The molecule has 0 heterocycles. The predicted octanol–water partition coefficient (Wildman–Crippen LogP) is 3.16. The molecule has 0 unspecified atom stereocenters. The van der Waals surface area contributed by atoms with Gasteiger partial charge in [-0.1, -0.05) is 13.8 Å². The first-order chi connectivity index (χ1) is 8.12. The Morgan fingerprint density at radius 2 is 1.89 bits per heavy atom. The summed E-state index contributed by atoms with van der Waals surface area (Å²) < 4.78 is 5.33. The molecule has 102 valence electrons. The van der Waals surface area contributed by atoms with Gasteiger partial charge in [-0.3, -0.25) is 9.69 Å². The van der Waals surface area contributed by atoms with Crippen LogP contribution in [0.15, 0.2) is 18.2 Å². The Bertz CT molecular complexity index is 389. The van der Waals surface area contributed by atoms with Crippen molar-refractivity contribution in [3.8, 4) is 5.75 Å². The summed E-state index contributed by atoms with van der Waals surface area (Å²) in [6.07, 6.45) is 0. The first-order valence-corrected chi connectivity index (χ1v) is 6.02. The smallest absolute Gasteiger partial charge is 0.159 e. The molecule has 0 aliphatic heterocycles. The Balaban J connectivity index is 0.00000289. The number of carbonyl (C=O) groups is 1. The first kappa shape index (κ1) is 16.9. The lowest BCUT2D eigenvalue weighted by atomic mass is 10.1. The monoisotopic (exact) mass is 271 g/mol. The quantitative estimate of drug-likeness (QED) is 0.745. The summed E-state index contributed by atoms with van der Waals surface area (Å²) in [5.74, 6) is 0.940. The highest BCUT2D eigenvalue weighted by atomic mass is 35.5. The number of rotatable bonds is 6. The van der Waals surface area contributed by atoms with E-state index in [0.717, 1.165) is 36.5 Å². The number of hydrogen-bond acceptors (Lipinski definition) is 3. The lowest BCUT2D eigenvalue weighted by Gasteiger charge is -2.20. The maximum Gasteiger partial charge on any atom is 0.159 e. The number of benzene rings is 1. The Morgan fingerprint density at radius 1 is 1.28 bits per heavy atom. The van der Waals surface area contributed by atoms with E-state index in [1.54, 1.807) is 14.0 Å². The zero-order valence-corrected chi connectivity index (χ0v) is 12.3. The van der Waals surface area contributed by atoms with Gasteiger partial charge in [-0.25, -0.2) is 0 Å². The fourth-order valence-corrected chi connectivity index (χ4v) is 1.81. The summed E-state index contributed by atoms with van der Waals surface area (Å²) in [6, 6.07) is 5.61. The van der Waals surface area contributed by atoms with Crippen molar-refractivity contribution in [3.05, 3.63) is 29.3 Å². The van der Waals surface area contributed by atoms with Crippen LogP contribution in [0, 0.1) is 0 Å². The second-order valence-electron chi connectivity index (χ2n) is 4.04. The fraction of sp³-hybridized carbons (Fsp3) is 0.500. The Labute approximate surface area is 116 Å². The number of methoxy groups -OCH3 is 1. The molecule has 3 nitrogen and oxygen atoms in total. The van der Waals surface area contributed by atoms with Crippen LogP contribution in [0.4, 0.5) is 0 Å². The van der Waals surface area contributed by atoms with Crippen molar-refractivity contribution >= 4 is 18.2 Å². The molecule has 0 fully saturated rings. The van der Waals surface area contributed by atoms with E-state index in [2.05, 4.69) is 18.7 Å². The van der Waals surface area contributed by atoms with E-state index in [1.807, 2.05) is 18.2 Å². The topological polar surface area (TPSA) is 29.5 Å². The molecule has 0 aliphatic carbocycles. The minimum atomic E-state index is 0. The van der Waals surface area contributed by atoms with Crippen LogP contribution in [-0.2, 0) is 6.54 Å². The third-order valence-electron chi connectivity index (χ3n) is 2.98. The van der Waals surface area contributed by atoms with Gasteiger partial charge in [0, 0.05) is 17.7 Å². The molecule has 1 aromatic rings. The number of ketones is 1. The number of hydrogen-bond donors (Lipinski definition) is 0. The molecule has 0 spiro atoms. The average molecular weight is 272 g/mol. The van der Waals surface area contributed by atoms with Gasteiger partial charge >= 0.3 is 0 Å². The molecule has 0 N–H and O–H groups in total. The Hall–Kier alpha value is -1.06. The predicted molar refractivity (Wildman–Crippen MR) is 76.9 cm³/mol. The van der Waals surface area contributed by atoms with Crippen molar-refractivity contribution in [1.82, 2.24) is 4.90 Å². The SMILES string of the molecule is CCN(CC)Cc1cc(C(C)=O)ccc1OC.Cl.